The maximum atomic E-state index is 13.3. The molecule has 0 atom stereocenters. The third kappa shape index (κ3) is 4.08. The summed E-state index contributed by atoms with van der Waals surface area (Å²) < 4.78 is 18.4. The first-order valence-electron chi connectivity index (χ1n) is 4.96. The standard InChI is InChI=1S/C12H16ClFO/c1-8(2)9-5-10(13)7-11(6-9)15-12(3,4)14/h5-8H,1-4H3. The normalized spacial score (nSPS) is 11.9. The van der Waals surface area contributed by atoms with Crippen molar-refractivity contribution in [1.29, 1.82) is 0 Å². The Hall–Kier alpha value is -0.760. The van der Waals surface area contributed by atoms with E-state index in [4.69, 9.17) is 16.3 Å². The average Bonchev–Trinajstić information content (AvgIpc) is 1.99. The first-order valence-corrected chi connectivity index (χ1v) is 5.34. The smallest absolute Gasteiger partial charge is 0.242 e. The van der Waals surface area contributed by atoms with Gasteiger partial charge in [0.2, 0.25) is 5.85 Å². The minimum absolute atomic E-state index is 0.341. The second kappa shape index (κ2) is 4.40. The van der Waals surface area contributed by atoms with Crippen molar-refractivity contribution in [2.45, 2.75) is 39.5 Å². The molecule has 0 saturated heterocycles. The SMILES string of the molecule is CC(C)c1cc(Cl)cc(OC(C)(C)F)c1. The molecule has 1 aromatic rings. The summed E-state index contributed by atoms with van der Waals surface area (Å²) in [6.45, 7) is 6.83. The van der Waals surface area contributed by atoms with Gasteiger partial charge in [-0.2, -0.15) is 4.39 Å². The third-order valence-electron chi connectivity index (χ3n) is 1.92. The molecule has 15 heavy (non-hydrogen) atoms. The predicted molar refractivity (Wildman–Crippen MR) is 61.4 cm³/mol. The van der Waals surface area contributed by atoms with E-state index in [0.717, 1.165) is 5.56 Å². The number of halogens is 2. The van der Waals surface area contributed by atoms with E-state index in [1.165, 1.54) is 13.8 Å². The van der Waals surface area contributed by atoms with Gasteiger partial charge in [-0.3, -0.25) is 0 Å². The summed E-state index contributed by atoms with van der Waals surface area (Å²) in [5.41, 5.74) is 1.04. The van der Waals surface area contributed by atoms with E-state index in [-0.39, 0.29) is 0 Å². The quantitative estimate of drug-likeness (QED) is 0.740. The van der Waals surface area contributed by atoms with Crippen LogP contribution in [0.2, 0.25) is 5.02 Å². The molecule has 0 aliphatic heterocycles. The van der Waals surface area contributed by atoms with Gasteiger partial charge in [-0.15, -0.1) is 0 Å². The van der Waals surface area contributed by atoms with Gasteiger partial charge in [0, 0.05) is 18.9 Å². The lowest BCUT2D eigenvalue weighted by Crippen LogP contribution is -2.21. The molecular formula is C12H16ClFO. The topological polar surface area (TPSA) is 9.23 Å². The Bertz CT molecular complexity index is 342. The molecule has 0 aliphatic rings. The van der Waals surface area contributed by atoms with E-state index in [0.29, 0.717) is 16.7 Å². The first-order chi connectivity index (χ1) is 6.78. The number of benzene rings is 1. The predicted octanol–water partition coefficient (Wildman–Crippen LogP) is 4.55. The zero-order valence-corrected chi connectivity index (χ0v) is 10.2. The van der Waals surface area contributed by atoms with Gasteiger partial charge in [0.1, 0.15) is 5.75 Å². The molecular weight excluding hydrogens is 215 g/mol. The van der Waals surface area contributed by atoms with Crippen LogP contribution < -0.4 is 4.74 Å². The van der Waals surface area contributed by atoms with E-state index in [2.05, 4.69) is 13.8 Å². The van der Waals surface area contributed by atoms with Crippen LogP contribution in [0.4, 0.5) is 4.39 Å². The lowest BCUT2D eigenvalue weighted by Gasteiger charge is -2.18. The van der Waals surface area contributed by atoms with Gasteiger partial charge in [0.05, 0.1) is 0 Å². The molecule has 0 radical (unpaired) electrons. The van der Waals surface area contributed by atoms with Crippen molar-refractivity contribution in [2.24, 2.45) is 0 Å². The van der Waals surface area contributed by atoms with Crippen molar-refractivity contribution in [2.75, 3.05) is 0 Å². The largest absolute Gasteiger partial charge is 0.458 e. The van der Waals surface area contributed by atoms with Crippen LogP contribution in [0, 0.1) is 0 Å². The molecule has 0 saturated carbocycles. The Balaban J connectivity index is 2.99. The van der Waals surface area contributed by atoms with Gasteiger partial charge < -0.3 is 4.74 Å². The maximum Gasteiger partial charge on any atom is 0.242 e. The van der Waals surface area contributed by atoms with E-state index < -0.39 is 5.85 Å². The summed E-state index contributed by atoms with van der Waals surface area (Å²) in [6, 6.07) is 5.30. The molecule has 0 amide bonds. The molecule has 0 heterocycles. The molecule has 1 aromatic carbocycles. The summed E-state index contributed by atoms with van der Waals surface area (Å²) in [5, 5.41) is 0.570. The van der Waals surface area contributed by atoms with Crippen LogP contribution in [0.25, 0.3) is 0 Å². The molecule has 1 rings (SSSR count). The molecule has 0 fully saturated rings. The highest BCUT2D eigenvalue weighted by atomic mass is 35.5. The second-order valence-electron chi connectivity index (χ2n) is 4.34. The van der Waals surface area contributed by atoms with Crippen molar-refractivity contribution in [3.05, 3.63) is 28.8 Å². The van der Waals surface area contributed by atoms with Crippen molar-refractivity contribution >= 4 is 11.6 Å². The Morgan fingerprint density at radius 2 is 1.87 bits per heavy atom. The van der Waals surface area contributed by atoms with E-state index in [1.54, 1.807) is 6.07 Å². The van der Waals surface area contributed by atoms with Crippen LogP contribution in [-0.4, -0.2) is 5.85 Å². The Morgan fingerprint density at radius 3 is 2.33 bits per heavy atom. The van der Waals surface area contributed by atoms with Gasteiger partial charge >= 0.3 is 0 Å². The highest BCUT2D eigenvalue weighted by molar-refractivity contribution is 6.30. The Labute approximate surface area is 95.2 Å². The van der Waals surface area contributed by atoms with Gasteiger partial charge in [0.25, 0.3) is 0 Å². The number of rotatable bonds is 3. The van der Waals surface area contributed by atoms with E-state index in [9.17, 15) is 4.39 Å². The molecule has 0 bridgehead atoms. The second-order valence-corrected chi connectivity index (χ2v) is 4.78. The molecule has 0 unspecified atom stereocenters. The summed E-state index contributed by atoms with van der Waals surface area (Å²) in [7, 11) is 0. The zero-order chi connectivity index (χ0) is 11.6. The number of hydrogen-bond donors (Lipinski definition) is 0. The summed E-state index contributed by atoms with van der Waals surface area (Å²) in [6.07, 6.45) is 0. The molecule has 84 valence electrons. The molecule has 1 nitrogen and oxygen atoms in total. The van der Waals surface area contributed by atoms with Crippen LogP contribution in [0.3, 0.4) is 0 Å². The fourth-order valence-electron chi connectivity index (χ4n) is 1.26. The molecule has 0 N–H and O–H groups in total. The van der Waals surface area contributed by atoms with Gasteiger partial charge in [-0.25, -0.2) is 0 Å². The number of ether oxygens (including phenoxy) is 1. The molecule has 3 heteroatoms. The van der Waals surface area contributed by atoms with Crippen LogP contribution >= 0.6 is 11.6 Å². The maximum absolute atomic E-state index is 13.3. The van der Waals surface area contributed by atoms with Gasteiger partial charge in [-0.05, 0) is 29.7 Å². The molecule has 0 spiro atoms. The lowest BCUT2D eigenvalue weighted by molar-refractivity contribution is -0.0257. The van der Waals surface area contributed by atoms with Gasteiger partial charge in [0.15, 0.2) is 0 Å². The minimum atomic E-state index is -1.68. The first kappa shape index (κ1) is 12.3. The number of alkyl halides is 1. The third-order valence-corrected chi connectivity index (χ3v) is 2.14. The Morgan fingerprint density at radius 1 is 1.27 bits per heavy atom. The summed E-state index contributed by atoms with van der Waals surface area (Å²) >= 11 is 5.92. The highest BCUT2D eigenvalue weighted by Gasteiger charge is 2.17. The fraction of sp³-hybridized carbons (Fsp3) is 0.500. The van der Waals surface area contributed by atoms with Crippen molar-refractivity contribution in [3.8, 4) is 5.75 Å². The van der Waals surface area contributed by atoms with Crippen molar-refractivity contribution < 1.29 is 9.13 Å². The van der Waals surface area contributed by atoms with E-state index >= 15 is 0 Å². The molecule has 0 aliphatic carbocycles. The van der Waals surface area contributed by atoms with Crippen molar-refractivity contribution in [3.63, 3.8) is 0 Å². The fourth-order valence-corrected chi connectivity index (χ4v) is 1.49. The van der Waals surface area contributed by atoms with Crippen LogP contribution in [0.5, 0.6) is 5.75 Å². The monoisotopic (exact) mass is 230 g/mol. The Kier molecular flexibility index (Phi) is 3.61. The van der Waals surface area contributed by atoms with Crippen LogP contribution in [0.15, 0.2) is 18.2 Å². The van der Waals surface area contributed by atoms with Crippen LogP contribution in [-0.2, 0) is 0 Å². The summed E-state index contributed by atoms with van der Waals surface area (Å²) in [5.74, 6) is -0.869. The summed E-state index contributed by atoms with van der Waals surface area (Å²) in [4.78, 5) is 0. The molecule has 0 aromatic heterocycles. The van der Waals surface area contributed by atoms with Gasteiger partial charge in [-0.1, -0.05) is 25.4 Å². The lowest BCUT2D eigenvalue weighted by atomic mass is 10.0. The zero-order valence-electron chi connectivity index (χ0n) is 9.47. The highest BCUT2D eigenvalue weighted by Crippen LogP contribution is 2.28. The average molecular weight is 231 g/mol. The van der Waals surface area contributed by atoms with Crippen LogP contribution in [0.1, 0.15) is 39.2 Å². The minimum Gasteiger partial charge on any atom is -0.458 e. The van der Waals surface area contributed by atoms with E-state index in [1.807, 2.05) is 12.1 Å². The number of hydrogen-bond acceptors (Lipinski definition) is 1. The van der Waals surface area contributed by atoms with Crippen molar-refractivity contribution in [1.82, 2.24) is 0 Å².